The van der Waals surface area contributed by atoms with E-state index in [1.54, 1.807) is 6.07 Å². The Morgan fingerprint density at radius 2 is 2.05 bits per heavy atom. The molecule has 1 N–H and O–H groups in total. The van der Waals surface area contributed by atoms with Crippen molar-refractivity contribution in [3.63, 3.8) is 0 Å². The van der Waals surface area contributed by atoms with Crippen molar-refractivity contribution in [3.05, 3.63) is 46.3 Å². The Labute approximate surface area is 113 Å². The molecule has 0 radical (unpaired) electrons. The van der Waals surface area contributed by atoms with Crippen molar-refractivity contribution >= 4 is 34.8 Å². The molecule has 1 aliphatic rings. The summed E-state index contributed by atoms with van der Waals surface area (Å²) < 4.78 is 5.66. The van der Waals surface area contributed by atoms with Crippen LogP contribution >= 0.6 is 11.8 Å². The standard InChI is InChI=1S/C12H8O2S.C2H4O2/c13-11-8-4-1-2-5-9(8)14-10-6-3-7-15-12(10)11;1-2(3)4/h1-6H,7H2;1H3,(H,3,4). The van der Waals surface area contributed by atoms with E-state index in [1.165, 1.54) is 11.8 Å². The molecule has 1 aliphatic heterocycles. The van der Waals surface area contributed by atoms with Crippen LogP contribution in [0.5, 0.6) is 0 Å². The van der Waals surface area contributed by atoms with E-state index in [0.717, 1.165) is 17.6 Å². The molecule has 0 saturated carbocycles. The molecule has 0 saturated heterocycles. The maximum atomic E-state index is 12.1. The largest absolute Gasteiger partial charge is 0.481 e. The number of carbonyl (C=O) groups is 1. The predicted molar refractivity (Wildman–Crippen MR) is 75.6 cm³/mol. The average Bonchev–Trinajstić information content (AvgIpc) is 2.38. The van der Waals surface area contributed by atoms with Crippen LogP contribution < -0.4 is 5.43 Å². The molecule has 0 fully saturated rings. The second-order valence-electron chi connectivity index (χ2n) is 3.85. The first kappa shape index (κ1) is 13.4. The number of rotatable bonds is 0. The maximum Gasteiger partial charge on any atom is 0.300 e. The van der Waals surface area contributed by atoms with Gasteiger partial charge in [-0.25, -0.2) is 0 Å². The molecule has 98 valence electrons. The van der Waals surface area contributed by atoms with E-state index in [4.69, 9.17) is 14.3 Å². The van der Waals surface area contributed by atoms with Crippen LogP contribution in [0.2, 0.25) is 0 Å². The quantitative estimate of drug-likeness (QED) is 0.801. The Balaban J connectivity index is 0.000000297. The molecule has 1 aromatic carbocycles. The molecule has 3 rings (SSSR count). The van der Waals surface area contributed by atoms with Crippen molar-refractivity contribution in [2.24, 2.45) is 0 Å². The highest BCUT2D eigenvalue weighted by Gasteiger charge is 2.14. The summed E-state index contributed by atoms with van der Waals surface area (Å²) in [6, 6.07) is 7.36. The van der Waals surface area contributed by atoms with E-state index in [1.807, 2.05) is 30.4 Å². The highest BCUT2D eigenvalue weighted by atomic mass is 32.2. The van der Waals surface area contributed by atoms with Crippen molar-refractivity contribution in [1.29, 1.82) is 0 Å². The first-order valence-corrected chi connectivity index (χ1v) is 6.63. The number of aliphatic carboxylic acids is 1. The summed E-state index contributed by atoms with van der Waals surface area (Å²) in [5.41, 5.74) is 0.745. The minimum absolute atomic E-state index is 0.0844. The van der Waals surface area contributed by atoms with Crippen LogP contribution in [0.3, 0.4) is 0 Å². The summed E-state index contributed by atoms with van der Waals surface area (Å²) in [5, 5.41) is 8.08. The molecule has 2 heterocycles. The van der Waals surface area contributed by atoms with Gasteiger partial charge in [0, 0.05) is 12.7 Å². The lowest BCUT2D eigenvalue weighted by Crippen LogP contribution is -2.08. The molecule has 19 heavy (non-hydrogen) atoms. The van der Waals surface area contributed by atoms with Gasteiger partial charge in [-0.2, -0.15) is 0 Å². The molecule has 1 aromatic heterocycles. The van der Waals surface area contributed by atoms with Crippen LogP contribution in [0.25, 0.3) is 17.0 Å². The van der Waals surface area contributed by atoms with Gasteiger partial charge >= 0.3 is 0 Å². The van der Waals surface area contributed by atoms with Crippen LogP contribution in [0, 0.1) is 0 Å². The minimum Gasteiger partial charge on any atom is -0.481 e. The Bertz CT molecular complexity index is 696. The molecule has 0 spiro atoms. The minimum atomic E-state index is -0.833. The topological polar surface area (TPSA) is 67.5 Å². The molecule has 4 nitrogen and oxygen atoms in total. The van der Waals surface area contributed by atoms with Crippen molar-refractivity contribution in [3.8, 4) is 0 Å². The summed E-state index contributed by atoms with van der Waals surface area (Å²) in [5.74, 6) is 0.700. The molecule has 2 aromatic rings. The van der Waals surface area contributed by atoms with Crippen molar-refractivity contribution in [2.45, 2.75) is 11.8 Å². The zero-order chi connectivity index (χ0) is 13.8. The summed E-state index contributed by atoms with van der Waals surface area (Å²) in [6.45, 7) is 1.08. The second kappa shape index (κ2) is 5.75. The zero-order valence-electron chi connectivity index (χ0n) is 10.3. The number of para-hydroxylation sites is 1. The molecule has 0 amide bonds. The average molecular weight is 276 g/mol. The number of hydrogen-bond acceptors (Lipinski definition) is 4. The smallest absolute Gasteiger partial charge is 0.300 e. The van der Waals surface area contributed by atoms with Crippen molar-refractivity contribution in [2.75, 3.05) is 5.75 Å². The van der Waals surface area contributed by atoms with Gasteiger partial charge in [0.25, 0.3) is 5.97 Å². The number of thioether (sulfide) groups is 1. The lowest BCUT2D eigenvalue weighted by atomic mass is 10.2. The van der Waals surface area contributed by atoms with Crippen LogP contribution in [-0.2, 0) is 4.79 Å². The third-order valence-electron chi connectivity index (χ3n) is 2.37. The Kier molecular flexibility index (Phi) is 4.06. The van der Waals surface area contributed by atoms with E-state index < -0.39 is 5.97 Å². The molecular formula is C14H12O4S. The SMILES string of the molecule is CC(=O)O.O=c1c2c(oc3ccccc13)C=CCS2. The van der Waals surface area contributed by atoms with Crippen LogP contribution in [-0.4, -0.2) is 16.8 Å². The van der Waals surface area contributed by atoms with Gasteiger partial charge in [-0.15, -0.1) is 11.8 Å². The number of fused-ring (bicyclic) bond motifs is 2. The van der Waals surface area contributed by atoms with Crippen molar-refractivity contribution in [1.82, 2.24) is 0 Å². The Hall–Kier alpha value is -2.01. The normalized spacial score (nSPS) is 12.5. The van der Waals surface area contributed by atoms with Gasteiger partial charge in [0.1, 0.15) is 11.3 Å². The fraction of sp³-hybridized carbons (Fsp3) is 0.143. The third kappa shape index (κ3) is 3.06. The zero-order valence-corrected chi connectivity index (χ0v) is 11.1. The molecule has 0 atom stereocenters. The van der Waals surface area contributed by atoms with Gasteiger partial charge in [-0.1, -0.05) is 18.2 Å². The summed E-state index contributed by atoms with van der Waals surface area (Å²) >= 11 is 1.54. The highest BCUT2D eigenvalue weighted by Crippen LogP contribution is 2.28. The van der Waals surface area contributed by atoms with Gasteiger partial charge in [0.15, 0.2) is 0 Å². The lowest BCUT2D eigenvalue weighted by Gasteiger charge is -2.08. The van der Waals surface area contributed by atoms with Crippen molar-refractivity contribution < 1.29 is 14.3 Å². The number of hydrogen-bond donors (Lipinski definition) is 1. The molecule has 0 unspecified atom stereocenters. The summed E-state index contributed by atoms with van der Waals surface area (Å²) in [4.78, 5) is 21.8. The van der Waals surface area contributed by atoms with Gasteiger partial charge in [0.2, 0.25) is 5.43 Å². The third-order valence-corrected chi connectivity index (χ3v) is 3.41. The Morgan fingerprint density at radius 1 is 1.37 bits per heavy atom. The second-order valence-corrected chi connectivity index (χ2v) is 4.88. The predicted octanol–water partition coefficient (Wildman–Crippen LogP) is 3.00. The van der Waals surface area contributed by atoms with E-state index in [2.05, 4.69) is 0 Å². The fourth-order valence-electron chi connectivity index (χ4n) is 1.68. The summed E-state index contributed by atoms with van der Waals surface area (Å²) in [7, 11) is 0. The van der Waals surface area contributed by atoms with E-state index in [9.17, 15) is 4.79 Å². The van der Waals surface area contributed by atoms with E-state index in [0.29, 0.717) is 16.7 Å². The molecule has 0 bridgehead atoms. The number of carboxylic acid groups (broad SMARTS) is 1. The molecule has 5 heteroatoms. The first-order valence-electron chi connectivity index (χ1n) is 5.64. The van der Waals surface area contributed by atoms with Crippen LogP contribution in [0.15, 0.2) is 44.4 Å². The molecule has 0 aliphatic carbocycles. The number of benzene rings is 1. The van der Waals surface area contributed by atoms with E-state index in [-0.39, 0.29) is 5.43 Å². The maximum absolute atomic E-state index is 12.1. The number of carboxylic acids is 1. The van der Waals surface area contributed by atoms with Gasteiger partial charge in [-0.3, -0.25) is 9.59 Å². The molecular weight excluding hydrogens is 264 g/mol. The van der Waals surface area contributed by atoms with Gasteiger partial charge in [0.05, 0.1) is 10.3 Å². The van der Waals surface area contributed by atoms with Gasteiger partial charge in [-0.05, 0) is 18.2 Å². The fourth-order valence-corrected chi connectivity index (χ4v) is 2.53. The lowest BCUT2D eigenvalue weighted by molar-refractivity contribution is -0.134. The summed E-state index contributed by atoms with van der Waals surface area (Å²) in [6.07, 6.45) is 3.88. The highest BCUT2D eigenvalue weighted by molar-refractivity contribution is 7.99. The van der Waals surface area contributed by atoms with Gasteiger partial charge < -0.3 is 9.52 Å². The Morgan fingerprint density at radius 3 is 2.79 bits per heavy atom. The van der Waals surface area contributed by atoms with E-state index >= 15 is 0 Å². The first-order chi connectivity index (χ1) is 9.09. The van der Waals surface area contributed by atoms with Crippen LogP contribution in [0.4, 0.5) is 0 Å². The monoisotopic (exact) mass is 276 g/mol. The van der Waals surface area contributed by atoms with Crippen LogP contribution in [0.1, 0.15) is 12.7 Å².